The normalized spacial score (nSPS) is 17.9. The number of rotatable bonds is 8. The van der Waals surface area contributed by atoms with E-state index in [2.05, 4.69) is 46.5 Å². The van der Waals surface area contributed by atoms with E-state index in [1.807, 2.05) is 6.20 Å². The van der Waals surface area contributed by atoms with Crippen LogP contribution >= 0.6 is 0 Å². The lowest BCUT2D eigenvalue weighted by molar-refractivity contribution is -0.137. The van der Waals surface area contributed by atoms with Gasteiger partial charge in [0.1, 0.15) is 11.7 Å². The number of hydrogen-bond acceptors (Lipinski definition) is 10. The Labute approximate surface area is 241 Å². The molecule has 1 N–H and O–H groups in total. The molecule has 0 saturated carbocycles. The lowest BCUT2D eigenvalue weighted by Gasteiger charge is -2.24. The fourth-order valence-corrected chi connectivity index (χ4v) is 4.93. The zero-order chi connectivity index (χ0) is 29.7. The van der Waals surface area contributed by atoms with Gasteiger partial charge in [0, 0.05) is 51.2 Å². The molecule has 1 atom stereocenters. The van der Waals surface area contributed by atoms with E-state index in [-0.39, 0.29) is 11.7 Å². The first-order chi connectivity index (χ1) is 20.2. The number of ether oxygens (including phenoxy) is 1. The molecule has 5 heterocycles. The van der Waals surface area contributed by atoms with Crippen molar-refractivity contribution in [3.05, 3.63) is 71.6 Å². The summed E-state index contributed by atoms with van der Waals surface area (Å²) >= 11 is 0. The quantitative estimate of drug-likeness (QED) is 0.412. The van der Waals surface area contributed by atoms with Crippen molar-refractivity contribution < 1.29 is 22.7 Å². The molecule has 1 amide bonds. The number of alkyl halides is 3. The first kappa shape index (κ1) is 29.3. The van der Waals surface area contributed by atoms with Gasteiger partial charge in [0.25, 0.3) is 5.91 Å². The number of pyridine rings is 3. The number of halogens is 3. The van der Waals surface area contributed by atoms with E-state index < -0.39 is 17.6 Å². The summed E-state index contributed by atoms with van der Waals surface area (Å²) in [5.41, 5.74) is 2.23. The molecule has 0 bridgehead atoms. The van der Waals surface area contributed by atoms with Gasteiger partial charge < -0.3 is 15.0 Å². The van der Waals surface area contributed by atoms with Gasteiger partial charge in [-0.3, -0.25) is 24.6 Å². The Morgan fingerprint density at radius 3 is 2.76 bits per heavy atom. The first-order valence-corrected chi connectivity index (χ1v) is 13.6. The number of aromatic nitrogens is 3. The van der Waals surface area contributed by atoms with E-state index in [4.69, 9.17) is 4.74 Å². The molecule has 0 aromatic carbocycles. The molecule has 1 saturated heterocycles. The van der Waals surface area contributed by atoms with Gasteiger partial charge in [-0.15, -0.1) is 0 Å². The van der Waals surface area contributed by atoms with Crippen molar-refractivity contribution >= 4 is 23.0 Å². The molecule has 2 aliphatic heterocycles. The Hall–Kier alpha value is -4.17. The maximum atomic E-state index is 13.1. The molecule has 1 fully saturated rings. The lowest BCUT2D eigenvalue weighted by atomic mass is 10.1. The Morgan fingerprint density at radius 2 is 1.95 bits per heavy atom. The molecule has 222 valence electrons. The molecule has 42 heavy (non-hydrogen) atoms. The van der Waals surface area contributed by atoms with Crippen LogP contribution in [0.5, 0.6) is 0 Å². The minimum absolute atomic E-state index is 0.255. The summed E-state index contributed by atoms with van der Waals surface area (Å²) in [5.74, 6) is -0.781. The maximum absolute atomic E-state index is 13.1. The van der Waals surface area contributed by atoms with Gasteiger partial charge in [0.15, 0.2) is 0 Å². The van der Waals surface area contributed by atoms with Crippen LogP contribution in [0.1, 0.15) is 39.8 Å². The van der Waals surface area contributed by atoms with Gasteiger partial charge >= 0.3 is 6.18 Å². The highest BCUT2D eigenvalue weighted by Gasteiger charge is 2.31. The monoisotopic (exact) mass is 583 g/mol. The summed E-state index contributed by atoms with van der Waals surface area (Å²) < 4.78 is 44.4. The van der Waals surface area contributed by atoms with Crippen molar-refractivity contribution in [3.63, 3.8) is 0 Å². The highest BCUT2D eigenvalue weighted by atomic mass is 19.4. The molecular weight excluding hydrogens is 551 g/mol. The molecule has 0 spiro atoms. The number of anilines is 3. The topological polar surface area (TPSA) is 111 Å². The van der Waals surface area contributed by atoms with Gasteiger partial charge in [0.2, 0.25) is 0 Å². The van der Waals surface area contributed by atoms with E-state index >= 15 is 0 Å². The summed E-state index contributed by atoms with van der Waals surface area (Å²) in [6.07, 6.45) is 2.52. The van der Waals surface area contributed by atoms with E-state index in [1.54, 1.807) is 31.3 Å². The van der Waals surface area contributed by atoms with Crippen molar-refractivity contribution in [2.75, 3.05) is 68.2 Å². The van der Waals surface area contributed by atoms with Gasteiger partial charge in [-0.2, -0.15) is 18.3 Å². The fraction of sp³-hybridized carbons (Fsp3) is 0.429. The Balaban J connectivity index is 1.25. The van der Waals surface area contributed by atoms with Gasteiger partial charge in [-0.1, -0.05) is 5.22 Å². The predicted octanol–water partition coefficient (Wildman–Crippen LogP) is 4.54. The number of nitrogens with zero attached hydrogens (tertiary/aromatic N) is 8. The summed E-state index contributed by atoms with van der Waals surface area (Å²) in [6.45, 7) is 7.69. The van der Waals surface area contributed by atoms with Crippen LogP contribution in [0.25, 0.3) is 0 Å². The minimum atomic E-state index is -4.58. The van der Waals surface area contributed by atoms with Crippen LogP contribution in [-0.4, -0.2) is 78.7 Å². The van der Waals surface area contributed by atoms with Crippen molar-refractivity contribution in [1.29, 1.82) is 0 Å². The molecule has 0 aliphatic carbocycles. The Kier molecular flexibility index (Phi) is 8.92. The first-order valence-electron chi connectivity index (χ1n) is 13.6. The molecule has 3 aromatic rings. The predicted molar refractivity (Wildman–Crippen MR) is 150 cm³/mol. The molecule has 3 aromatic heterocycles. The van der Waals surface area contributed by atoms with Crippen LogP contribution in [0.15, 0.2) is 59.4 Å². The number of methoxy groups -OCH3 is 1. The lowest BCUT2D eigenvalue weighted by Crippen LogP contribution is -2.32. The second-order valence-corrected chi connectivity index (χ2v) is 10.2. The van der Waals surface area contributed by atoms with Crippen LogP contribution in [0.2, 0.25) is 0 Å². The number of aryl methyl sites for hydroxylation is 1. The van der Waals surface area contributed by atoms with Crippen molar-refractivity contribution in [2.45, 2.75) is 25.6 Å². The van der Waals surface area contributed by atoms with Gasteiger partial charge in [0.05, 0.1) is 53.9 Å². The third kappa shape index (κ3) is 6.99. The van der Waals surface area contributed by atoms with Gasteiger partial charge in [-0.25, -0.2) is 5.01 Å². The number of hydrogen-bond donors (Lipinski definition) is 1. The fourth-order valence-electron chi connectivity index (χ4n) is 4.93. The highest BCUT2D eigenvalue weighted by Crippen LogP contribution is 2.33. The standard InChI is InChI=1S/C28H32F3N9O2/c1-19-26(14-22(16-34-19)35-27(41)24-13-21(4-5-33-24)28(29,30)31)40-18-25(36-37-40)20-12-23(17-32-15-20)39-7-3-6-38(8-9-39)10-11-42-2/h4-5,12-17,25H,3,6-11,18H2,1-2H3,(H,35,41). The summed E-state index contributed by atoms with van der Waals surface area (Å²) in [6, 6.07) is 5.04. The molecular formula is C28H32F3N9O2. The number of amides is 1. The van der Waals surface area contributed by atoms with Crippen LogP contribution in [0.3, 0.4) is 0 Å². The molecule has 1 unspecified atom stereocenters. The molecule has 5 rings (SSSR count). The summed E-state index contributed by atoms with van der Waals surface area (Å²) in [4.78, 5) is 30.0. The van der Waals surface area contributed by atoms with Crippen molar-refractivity contribution in [2.24, 2.45) is 10.3 Å². The summed E-state index contributed by atoms with van der Waals surface area (Å²) in [7, 11) is 1.72. The SMILES string of the molecule is COCCN1CCCN(c2cncc(C3CN(c4cc(NC(=O)c5cc(C(F)(F)F)ccn5)cnc4C)N=N3)c2)CC1. The van der Waals surface area contributed by atoms with Crippen LogP contribution in [0.4, 0.5) is 30.2 Å². The second kappa shape index (κ2) is 12.8. The minimum Gasteiger partial charge on any atom is -0.383 e. The number of nitrogens with one attached hydrogen (secondary N) is 1. The smallest absolute Gasteiger partial charge is 0.383 e. The number of carbonyl (C=O) groups is 1. The maximum Gasteiger partial charge on any atom is 0.416 e. The van der Waals surface area contributed by atoms with Crippen LogP contribution < -0.4 is 15.2 Å². The van der Waals surface area contributed by atoms with Crippen LogP contribution in [0, 0.1) is 6.92 Å². The molecule has 2 aliphatic rings. The van der Waals surface area contributed by atoms with E-state index in [1.165, 1.54) is 6.20 Å². The molecule has 11 nitrogen and oxygen atoms in total. The highest BCUT2D eigenvalue weighted by molar-refractivity contribution is 6.03. The van der Waals surface area contributed by atoms with E-state index in [0.717, 1.165) is 69.3 Å². The second-order valence-electron chi connectivity index (χ2n) is 10.2. The number of carbonyl (C=O) groups excluding carboxylic acids is 1. The summed E-state index contributed by atoms with van der Waals surface area (Å²) in [5, 5.41) is 13.1. The average Bonchev–Trinajstić information content (AvgIpc) is 3.36. The van der Waals surface area contributed by atoms with Gasteiger partial charge in [-0.05, 0) is 44.2 Å². The molecule has 0 radical (unpaired) electrons. The zero-order valence-corrected chi connectivity index (χ0v) is 23.4. The zero-order valence-electron chi connectivity index (χ0n) is 23.4. The van der Waals surface area contributed by atoms with E-state index in [0.29, 0.717) is 29.7 Å². The van der Waals surface area contributed by atoms with Crippen molar-refractivity contribution in [1.82, 2.24) is 19.9 Å². The average molecular weight is 584 g/mol. The van der Waals surface area contributed by atoms with Crippen molar-refractivity contribution in [3.8, 4) is 0 Å². The molecule has 14 heteroatoms. The van der Waals surface area contributed by atoms with Crippen LogP contribution in [-0.2, 0) is 10.9 Å². The largest absolute Gasteiger partial charge is 0.416 e. The van der Waals surface area contributed by atoms with E-state index in [9.17, 15) is 18.0 Å². The third-order valence-electron chi connectivity index (χ3n) is 7.26. The third-order valence-corrected chi connectivity index (χ3v) is 7.26. The Bertz CT molecular complexity index is 1440. The Morgan fingerprint density at radius 1 is 1.10 bits per heavy atom.